The first-order chi connectivity index (χ1) is 9.70. The zero-order valence-electron chi connectivity index (χ0n) is 12.8. The van der Waals surface area contributed by atoms with E-state index in [0.29, 0.717) is 6.04 Å². The fourth-order valence-electron chi connectivity index (χ4n) is 2.33. The van der Waals surface area contributed by atoms with Crippen LogP contribution in [-0.2, 0) is 11.3 Å². The smallest absolute Gasteiger partial charge is 0.158 e. The molecule has 2 rings (SSSR count). The summed E-state index contributed by atoms with van der Waals surface area (Å²) in [6.07, 6.45) is 4.95. The van der Waals surface area contributed by atoms with Gasteiger partial charge in [-0.15, -0.1) is 0 Å². The maximum atomic E-state index is 5.80. The lowest BCUT2D eigenvalue weighted by Gasteiger charge is -2.34. The molecule has 1 atom stereocenters. The lowest BCUT2D eigenvalue weighted by molar-refractivity contribution is -0.0443. The van der Waals surface area contributed by atoms with Gasteiger partial charge in [-0.2, -0.15) is 0 Å². The average molecular weight is 278 g/mol. The summed E-state index contributed by atoms with van der Waals surface area (Å²) < 4.78 is 5.80. The van der Waals surface area contributed by atoms with Crippen LogP contribution in [0.4, 0.5) is 0 Å². The highest BCUT2D eigenvalue weighted by molar-refractivity contribution is 5.07. The Morgan fingerprint density at radius 1 is 1.40 bits per heavy atom. The van der Waals surface area contributed by atoms with Crippen molar-refractivity contribution in [2.24, 2.45) is 0 Å². The Balaban J connectivity index is 1.92. The molecule has 5 heteroatoms. The minimum Gasteiger partial charge on any atom is -0.368 e. The third kappa shape index (κ3) is 4.23. The van der Waals surface area contributed by atoms with Crippen LogP contribution >= 0.6 is 0 Å². The number of aromatic nitrogens is 2. The van der Waals surface area contributed by atoms with Gasteiger partial charge in [0.05, 0.1) is 6.61 Å². The third-order valence-corrected chi connectivity index (χ3v) is 3.60. The van der Waals surface area contributed by atoms with Crippen LogP contribution in [-0.4, -0.2) is 47.2 Å². The van der Waals surface area contributed by atoms with Crippen LogP contribution in [0.3, 0.4) is 0 Å². The van der Waals surface area contributed by atoms with Gasteiger partial charge in [-0.05, 0) is 26.8 Å². The van der Waals surface area contributed by atoms with Gasteiger partial charge in [0.25, 0.3) is 0 Å². The fourth-order valence-corrected chi connectivity index (χ4v) is 2.33. The molecule has 1 unspecified atom stereocenters. The van der Waals surface area contributed by atoms with Gasteiger partial charge >= 0.3 is 0 Å². The van der Waals surface area contributed by atoms with Crippen LogP contribution in [0.2, 0.25) is 0 Å². The molecule has 5 nitrogen and oxygen atoms in total. The monoisotopic (exact) mass is 278 g/mol. The minimum atomic E-state index is 0.00352. The molecule has 2 heterocycles. The van der Waals surface area contributed by atoms with Gasteiger partial charge in [0.2, 0.25) is 0 Å². The van der Waals surface area contributed by atoms with Gasteiger partial charge in [0.1, 0.15) is 6.10 Å². The molecule has 0 spiro atoms. The van der Waals surface area contributed by atoms with Gasteiger partial charge in [-0.1, -0.05) is 6.92 Å². The summed E-state index contributed by atoms with van der Waals surface area (Å²) >= 11 is 0. The van der Waals surface area contributed by atoms with E-state index in [1.165, 1.54) is 0 Å². The Kier molecular flexibility index (Phi) is 5.88. The molecule has 1 N–H and O–H groups in total. The number of ether oxygens (including phenoxy) is 1. The second-order valence-corrected chi connectivity index (χ2v) is 5.57. The summed E-state index contributed by atoms with van der Waals surface area (Å²) in [5.41, 5.74) is 1.12. The number of hydrogen-bond acceptors (Lipinski definition) is 5. The fraction of sp³-hybridized carbons (Fsp3) is 0.733. The van der Waals surface area contributed by atoms with E-state index in [4.69, 9.17) is 4.74 Å². The van der Waals surface area contributed by atoms with Gasteiger partial charge in [-0.25, -0.2) is 9.97 Å². The summed E-state index contributed by atoms with van der Waals surface area (Å²) in [5, 5.41) is 3.35. The maximum Gasteiger partial charge on any atom is 0.158 e. The highest BCUT2D eigenvalue weighted by atomic mass is 16.5. The summed E-state index contributed by atoms with van der Waals surface area (Å²) in [6, 6.07) is 0.541. The molecule has 1 aromatic rings. The topological polar surface area (TPSA) is 50.3 Å². The van der Waals surface area contributed by atoms with E-state index in [0.717, 1.165) is 50.6 Å². The van der Waals surface area contributed by atoms with Crippen molar-refractivity contribution in [3.63, 3.8) is 0 Å². The molecular formula is C15H26N4O. The highest BCUT2D eigenvalue weighted by Crippen LogP contribution is 2.20. The van der Waals surface area contributed by atoms with Crippen LogP contribution in [0.15, 0.2) is 12.4 Å². The van der Waals surface area contributed by atoms with Crippen LogP contribution in [0.1, 0.15) is 44.7 Å². The van der Waals surface area contributed by atoms with Gasteiger partial charge in [0, 0.05) is 43.6 Å². The zero-order chi connectivity index (χ0) is 14.4. The van der Waals surface area contributed by atoms with Crippen molar-refractivity contribution in [1.82, 2.24) is 20.2 Å². The molecule has 20 heavy (non-hydrogen) atoms. The van der Waals surface area contributed by atoms with Gasteiger partial charge < -0.3 is 10.1 Å². The van der Waals surface area contributed by atoms with Crippen molar-refractivity contribution in [3.05, 3.63) is 23.8 Å². The van der Waals surface area contributed by atoms with Crippen molar-refractivity contribution in [2.45, 2.75) is 45.9 Å². The molecule has 0 bridgehead atoms. The largest absolute Gasteiger partial charge is 0.368 e. The molecule has 0 amide bonds. The molecule has 0 saturated carbocycles. The Morgan fingerprint density at radius 3 is 2.80 bits per heavy atom. The molecular weight excluding hydrogens is 252 g/mol. The van der Waals surface area contributed by atoms with Crippen LogP contribution in [0.5, 0.6) is 0 Å². The normalized spacial score (nSPS) is 20.5. The van der Waals surface area contributed by atoms with Gasteiger partial charge in [-0.3, -0.25) is 4.90 Å². The summed E-state index contributed by atoms with van der Waals surface area (Å²) in [7, 11) is 0. The van der Waals surface area contributed by atoms with Crippen LogP contribution in [0, 0.1) is 0 Å². The molecule has 1 aliphatic heterocycles. The predicted octanol–water partition coefficient (Wildman–Crippen LogP) is 1.76. The van der Waals surface area contributed by atoms with Crippen molar-refractivity contribution >= 4 is 0 Å². The number of rotatable bonds is 6. The van der Waals surface area contributed by atoms with Crippen molar-refractivity contribution < 1.29 is 4.74 Å². The molecule has 1 fully saturated rings. The first-order valence-corrected chi connectivity index (χ1v) is 7.58. The van der Waals surface area contributed by atoms with E-state index >= 15 is 0 Å². The Labute approximate surface area is 121 Å². The van der Waals surface area contributed by atoms with E-state index < -0.39 is 0 Å². The average Bonchev–Trinajstić information content (AvgIpc) is 2.48. The second-order valence-electron chi connectivity index (χ2n) is 5.57. The van der Waals surface area contributed by atoms with Crippen molar-refractivity contribution in [2.75, 3.05) is 26.2 Å². The predicted molar refractivity (Wildman–Crippen MR) is 79.4 cm³/mol. The molecule has 0 aliphatic carbocycles. The summed E-state index contributed by atoms with van der Waals surface area (Å²) in [5.74, 6) is 0.801. The molecule has 0 aromatic carbocycles. The highest BCUT2D eigenvalue weighted by Gasteiger charge is 2.25. The Hall–Kier alpha value is -1.04. The Morgan fingerprint density at radius 2 is 2.15 bits per heavy atom. The Bertz CT molecular complexity index is 393. The standard InChI is InChI=1S/C15H26N4O/c1-4-5-16-8-13-9-17-15(18-10-13)14-11-19(12(2)3)6-7-20-14/h9-10,12,14,16H,4-8,11H2,1-3H3. The van der Waals surface area contributed by atoms with Crippen molar-refractivity contribution in [1.29, 1.82) is 0 Å². The van der Waals surface area contributed by atoms with Crippen LogP contribution < -0.4 is 5.32 Å². The number of nitrogens with one attached hydrogen (secondary N) is 1. The van der Waals surface area contributed by atoms with E-state index in [-0.39, 0.29) is 6.10 Å². The SMILES string of the molecule is CCCNCc1cnc(C2CN(C(C)C)CCO2)nc1. The van der Waals surface area contributed by atoms with E-state index in [2.05, 4.69) is 41.0 Å². The lowest BCUT2D eigenvalue weighted by atomic mass is 10.2. The summed E-state index contributed by atoms with van der Waals surface area (Å²) in [6.45, 7) is 11.1. The number of nitrogens with zero attached hydrogens (tertiary/aromatic N) is 3. The molecule has 0 radical (unpaired) electrons. The van der Waals surface area contributed by atoms with E-state index in [1.807, 2.05) is 12.4 Å². The zero-order valence-corrected chi connectivity index (χ0v) is 12.8. The van der Waals surface area contributed by atoms with Gasteiger partial charge in [0.15, 0.2) is 5.82 Å². The number of morpholine rings is 1. The maximum absolute atomic E-state index is 5.80. The first kappa shape index (κ1) is 15.4. The molecule has 112 valence electrons. The summed E-state index contributed by atoms with van der Waals surface area (Å²) in [4.78, 5) is 11.4. The molecule has 1 saturated heterocycles. The second kappa shape index (κ2) is 7.67. The minimum absolute atomic E-state index is 0.00352. The van der Waals surface area contributed by atoms with Crippen molar-refractivity contribution in [3.8, 4) is 0 Å². The first-order valence-electron chi connectivity index (χ1n) is 7.58. The van der Waals surface area contributed by atoms with E-state index in [9.17, 15) is 0 Å². The quantitative estimate of drug-likeness (QED) is 0.804. The molecule has 1 aliphatic rings. The number of hydrogen-bond donors (Lipinski definition) is 1. The lowest BCUT2D eigenvalue weighted by Crippen LogP contribution is -2.42. The third-order valence-electron chi connectivity index (χ3n) is 3.60. The van der Waals surface area contributed by atoms with Crippen LogP contribution in [0.25, 0.3) is 0 Å². The molecule has 1 aromatic heterocycles. The van der Waals surface area contributed by atoms with E-state index in [1.54, 1.807) is 0 Å².